The Hall–Kier alpha value is -0.480. The maximum atomic E-state index is 10.4. The molecule has 0 aromatic rings. The van der Waals surface area contributed by atoms with Crippen LogP contribution in [0.25, 0.3) is 0 Å². The van der Waals surface area contributed by atoms with Crippen molar-refractivity contribution < 1.29 is 14.6 Å². The van der Waals surface area contributed by atoms with Crippen molar-refractivity contribution in [2.24, 2.45) is 11.8 Å². The van der Waals surface area contributed by atoms with Crippen LogP contribution < -0.4 is 0 Å². The van der Waals surface area contributed by atoms with Crippen molar-refractivity contribution >= 4 is 17.7 Å². The number of carboxylic acid groups (broad SMARTS) is 1. The Morgan fingerprint density at radius 1 is 1.18 bits per heavy atom. The topological polar surface area (TPSA) is 46.5 Å². The Kier molecular flexibility index (Phi) is 11.6. The molecule has 128 valence electrons. The first-order valence-corrected chi connectivity index (χ1v) is 9.91. The van der Waals surface area contributed by atoms with Crippen LogP contribution in [0.15, 0.2) is 12.2 Å². The maximum Gasteiger partial charge on any atom is 0.303 e. The van der Waals surface area contributed by atoms with Gasteiger partial charge in [0.25, 0.3) is 0 Å². The molecule has 2 atom stereocenters. The Labute approximate surface area is 139 Å². The van der Waals surface area contributed by atoms with Gasteiger partial charge in [-0.15, -0.1) is 0 Å². The standard InChI is InChI=1S/C18H32O3S/c1-2-3-4-9-12-22-15-17-14-21-13-16(17)10-7-5-6-8-11-18(19)20/h5,7,16-17H,2-4,6,8-15H2,1H3,(H,19,20)/t16-,17-/m0/s1. The summed E-state index contributed by atoms with van der Waals surface area (Å²) in [5.41, 5.74) is 0. The van der Waals surface area contributed by atoms with E-state index in [1.54, 1.807) is 0 Å². The molecule has 0 aromatic heterocycles. The third kappa shape index (κ3) is 9.52. The summed E-state index contributed by atoms with van der Waals surface area (Å²) in [4.78, 5) is 10.4. The van der Waals surface area contributed by atoms with Gasteiger partial charge in [0.1, 0.15) is 0 Å². The predicted molar refractivity (Wildman–Crippen MR) is 94.5 cm³/mol. The van der Waals surface area contributed by atoms with Gasteiger partial charge in [-0.3, -0.25) is 4.79 Å². The molecule has 0 radical (unpaired) electrons. The van der Waals surface area contributed by atoms with Gasteiger partial charge in [-0.2, -0.15) is 11.8 Å². The van der Waals surface area contributed by atoms with Crippen molar-refractivity contribution in [2.45, 2.75) is 58.3 Å². The van der Waals surface area contributed by atoms with Crippen molar-refractivity contribution in [2.75, 3.05) is 24.7 Å². The van der Waals surface area contributed by atoms with Crippen LogP contribution in [0.5, 0.6) is 0 Å². The van der Waals surface area contributed by atoms with Gasteiger partial charge in [-0.1, -0.05) is 38.3 Å². The molecule has 1 rings (SSSR count). The van der Waals surface area contributed by atoms with Gasteiger partial charge in [-0.25, -0.2) is 0 Å². The van der Waals surface area contributed by atoms with E-state index in [-0.39, 0.29) is 6.42 Å². The molecule has 3 nitrogen and oxygen atoms in total. The first kappa shape index (κ1) is 19.6. The lowest BCUT2D eigenvalue weighted by atomic mass is 9.94. The minimum atomic E-state index is -0.700. The molecule has 1 aliphatic heterocycles. The second-order valence-electron chi connectivity index (χ2n) is 6.19. The van der Waals surface area contributed by atoms with Crippen molar-refractivity contribution in [1.82, 2.24) is 0 Å². The number of aliphatic carboxylic acids is 1. The zero-order valence-corrected chi connectivity index (χ0v) is 14.8. The molecular weight excluding hydrogens is 296 g/mol. The van der Waals surface area contributed by atoms with E-state index in [1.807, 2.05) is 0 Å². The summed E-state index contributed by atoms with van der Waals surface area (Å²) in [5.74, 6) is 3.16. The average Bonchev–Trinajstić information content (AvgIpc) is 2.93. The maximum absolute atomic E-state index is 10.4. The molecular formula is C18H32O3S. The van der Waals surface area contributed by atoms with E-state index < -0.39 is 5.97 Å². The molecule has 0 aliphatic carbocycles. The molecule has 1 heterocycles. The number of unbranched alkanes of at least 4 members (excludes halogenated alkanes) is 4. The van der Waals surface area contributed by atoms with Crippen LogP contribution in [0, 0.1) is 11.8 Å². The highest BCUT2D eigenvalue weighted by molar-refractivity contribution is 7.99. The predicted octanol–water partition coefficient (Wildman–Crippen LogP) is 4.76. The van der Waals surface area contributed by atoms with E-state index in [9.17, 15) is 4.79 Å². The Bertz CT molecular complexity index is 317. The molecule has 0 spiro atoms. The van der Waals surface area contributed by atoms with Crippen LogP contribution in [0.3, 0.4) is 0 Å². The van der Waals surface area contributed by atoms with E-state index in [4.69, 9.17) is 9.84 Å². The molecule has 1 saturated heterocycles. The molecule has 0 saturated carbocycles. The quantitative estimate of drug-likeness (QED) is 0.391. The second kappa shape index (κ2) is 13.0. The number of hydrogen-bond acceptors (Lipinski definition) is 3. The van der Waals surface area contributed by atoms with E-state index in [1.165, 1.54) is 37.2 Å². The first-order chi connectivity index (χ1) is 10.7. The molecule has 22 heavy (non-hydrogen) atoms. The summed E-state index contributed by atoms with van der Waals surface area (Å²) in [7, 11) is 0. The van der Waals surface area contributed by atoms with Crippen molar-refractivity contribution in [3.63, 3.8) is 0 Å². The lowest BCUT2D eigenvalue weighted by Gasteiger charge is -2.15. The third-order valence-electron chi connectivity index (χ3n) is 4.17. The van der Waals surface area contributed by atoms with Gasteiger partial charge in [0.15, 0.2) is 0 Å². The molecule has 1 N–H and O–H groups in total. The van der Waals surface area contributed by atoms with Gasteiger partial charge in [-0.05, 0) is 49.0 Å². The molecule has 0 unspecified atom stereocenters. The number of carboxylic acids is 1. The van der Waals surface area contributed by atoms with Crippen LogP contribution in [0.2, 0.25) is 0 Å². The third-order valence-corrected chi connectivity index (χ3v) is 5.41. The highest BCUT2D eigenvalue weighted by Gasteiger charge is 2.26. The molecule has 4 heteroatoms. The minimum Gasteiger partial charge on any atom is -0.481 e. The smallest absolute Gasteiger partial charge is 0.303 e. The Balaban J connectivity index is 2.07. The van der Waals surface area contributed by atoms with Crippen molar-refractivity contribution in [3.8, 4) is 0 Å². The van der Waals surface area contributed by atoms with E-state index in [0.29, 0.717) is 11.8 Å². The molecule has 0 bridgehead atoms. The summed E-state index contributed by atoms with van der Waals surface area (Å²) in [5, 5.41) is 8.58. The zero-order chi connectivity index (χ0) is 16.0. The summed E-state index contributed by atoms with van der Waals surface area (Å²) in [6, 6.07) is 0. The summed E-state index contributed by atoms with van der Waals surface area (Å²) in [6.45, 7) is 4.06. The van der Waals surface area contributed by atoms with E-state index in [0.717, 1.165) is 32.5 Å². The highest BCUT2D eigenvalue weighted by Crippen LogP contribution is 2.28. The van der Waals surface area contributed by atoms with Crippen molar-refractivity contribution in [1.29, 1.82) is 0 Å². The second-order valence-corrected chi connectivity index (χ2v) is 7.34. The van der Waals surface area contributed by atoms with Crippen LogP contribution in [0.1, 0.15) is 58.3 Å². The number of ether oxygens (including phenoxy) is 1. The molecule has 1 fully saturated rings. The average molecular weight is 329 g/mol. The Morgan fingerprint density at radius 3 is 2.77 bits per heavy atom. The largest absolute Gasteiger partial charge is 0.481 e. The van der Waals surface area contributed by atoms with Crippen molar-refractivity contribution in [3.05, 3.63) is 12.2 Å². The van der Waals surface area contributed by atoms with Gasteiger partial charge in [0.05, 0.1) is 13.2 Å². The van der Waals surface area contributed by atoms with Crippen LogP contribution in [-0.2, 0) is 9.53 Å². The summed E-state index contributed by atoms with van der Waals surface area (Å²) in [6.07, 6.45) is 12.7. The molecule has 0 amide bonds. The van der Waals surface area contributed by atoms with Gasteiger partial charge in [0, 0.05) is 6.42 Å². The van der Waals surface area contributed by atoms with E-state index in [2.05, 4.69) is 30.8 Å². The zero-order valence-electron chi connectivity index (χ0n) is 14.0. The minimum absolute atomic E-state index is 0.272. The fourth-order valence-corrected chi connectivity index (χ4v) is 3.96. The lowest BCUT2D eigenvalue weighted by molar-refractivity contribution is -0.137. The van der Waals surface area contributed by atoms with Crippen LogP contribution in [-0.4, -0.2) is 35.8 Å². The fourth-order valence-electron chi connectivity index (χ4n) is 2.71. The first-order valence-electron chi connectivity index (χ1n) is 8.76. The Morgan fingerprint density at radius 2 is 2.00 bits per heavy atom. The number of carbonyl (C=O) groups is 1. The molecule has 0 aromatic carbocycles. The normalized spacial score (nSPS) is 21.7. The SMILES string of the molecule is CCCCCCSC[C@@H]1COC[C@@H]1CC=CCCCC(=O)O. The van der Waals surface area contributed by atoms with Crippen LogP contribution in [0.4, 0.5) is 0 Å². The van der Waals surface area contributed by atoms with Gasteiger partial charge >= 0.3 is 5.97 Å². The summed E-state index contributed by atoms with van der Waals surface area (Å²) < 4.78 is 5.65. The number of thioether (sulfide) groups is 1. The number of allylic oxidation sites excluding steroid dienone is 2. The van der Waals surface area contributed by atoms with Gasteiger partial charge in [0.2, 0.25) is 0 Å². The number of rotatable bonds is 13. The summed E-state index contributed by atoms with van der Waals surface area (Å²) >= 11 is 2.09. The monoisotopic (exact) mass is 328 g/mol. The molecule has 1 aliphatic rings. The van der Waals surface area contributed by atoms with E-state index >= 15 is 0 Å². The fraction of sp³-hybridized carbons (Fsp3) is 0.833. The van der Waals surface area contributed by atoms with Crippen LogP contribution >= 0.6 is 11.8 Å². The number of hydrogen-bond donors (Lipinski definition) is 1. The lowest BCUT2D eigenvalue weighted by Crippen LogP contribution is -2.14. The highest BCUT2D eigenvalue weighted by atomic mass is 32.2. The van der Waals surface area contributed by atoms with Gasteiger partial charge < -0.3 is 9.84 Å².